The summed E-state index contributed by atoms with van der Waals surface area (Å²) < 4.78 is 0. The molecule has 13 heavy (non-hydrogen) atoms. The summed E-state index contributed by atoms with van der Waals surface area (Å²) in [6, 6.07) is 2.54. The molecule has 2 heteroatoms. The molecule has 0 aromatic rings. The van der Waals surface area contributed by atoms with E-state index in [2.05, 4.69) is 25.2 Å². The van der Waals surface area contributed by atoms with Gasteiger partial charge in [0.1, 0.15) is 0 Å². The fourth-order valence-corrected chi connectivity index (χ4v) is 2.04. The molecule has 1 unspecified atom stereocenters. The molecule has 0 aromatic heterocycles. The standard InChI is InChI=1S/C11H20N2/c1-10(5-8-12)13-9-11(2)6-3-4-7-11/h10,13H,3-7,9H2,1-2H3. The van der Waals surface area contributed by atoms with E-state index < -0.39 is 0 Å². The lowest BCUT2D eigenvalue weighted by atomic mass is 9.88. The molecular weight excluding hydrogens is 160 g/mol. The zero-order valence-corrected chi connectivity index (χ0v) is 8.77. The Morgan fingerprint density at radius 3 is 2.62 bits per heavy atom. The second-order valence-corrected chi connectivity index (χ2v) is 4.66. The van der Waals surface area contributed by atoms with E-state index in [0.717, 1.165) is 6.54 Å². The van der Waals surface area contributed by atoms with Crippen molar-refractivity contribution in [1.82, 2.24) is 5.32 Å². The Labute approximate surface area is 81.3 Å². The molecule has 1 N–H and O–H groups in total. The first-order valence-electron chi connectivity index (χ1n) is 5.27. The van der Waals surface area contributed by atoms with Crippen molar-refractivity contribution in [2.45, 2.75) is 52.0 Å². The maximum absolute atomic E-state index is 8.50. The van der Waals surface area contributed by atoms with E-state index in [1.807, 2.05) is 0 Å². The predicted octanol–water partition coefficient (Wildman–Crippen LogP) is 2.46. The van der Waals surface area contributed by atoms with E-state index in [1.54, 1.807) is 0 Å². The Kier molecular flexibility index (Phi) is 3.74. The summed E-state index contributed by atoms with van der Waals surface area (Å²) in [4.78, 5) is 0. The van der Waals surface area contributed by atoms with Gasteiger partial charge in [0.2, 0.25) is 0 Å². The summed E-state index contributed by atoms with van der Waals surface area (Å²) >= 11 is 0. The number of hydrogen-bond donors (Lipinski definition) is 1. The summed E-state index contributed by atoms with van der Waals surface area (Å²) in [5.74, 6) is 0. The van der Waals surface area contributed by atoms with Gasteiger partial charge in [0.05, 0.1) is 12.5 Å². The lowest BCUT2D eigenvalue weighted by Gasteiger charge is -2.25. The van der Waals surface area contributed by atoms with Crippen LogP contribution in [0.15, 0.2) is 0 Å². The van der Waals surface area contributed by atoms with Crippen LogP contribution < -0.4 is 5.32 Å². The first-order valence-corrected chi connectivity index (χ1v) is 5.27. The minimum absolute atomic E-state index is 0.349. The monoisotopic (exact) mass is 180 g/mol. The van der Waals surface area contributed by atoms with Crippen LogP contribution >= 0.6 is 0 Å². The highest BCUT2D eigenvalue weighted by Gasteiger charge is 2.28. The molecule has 0 bridgehead atoms. The smallest absolute Gasteiger partial charge is 0.0638 e. The Morgan fingerprint density at radius 2 is 2.08 bits per heavy atom. The van der Waals surface area contributed by atoms with Gasteiger partial charge in [-0.3, -0.25) is 0 Å². The molecular formula is C11H20N2. The van der Waals surface area contributed by atoms with Crippen LogP contribution in [0.5, 0.6) is 0 Å². The lowest BCUT2D eigenvalue weighted by molar-refractivity contribution is 0.301. The summed E-state index contributed by atoms with van der Waals surface area (Å²) in [6.45, 7) is 5.52. The minimum Gasteiger partial charge on any atom is -0.313 e. The van der Waals surface area contributed by atoms with Crippen molar-refractivity contribution in [2.75, 3.05) is 6.54 Å². The highest BCUT2D eigenvalue weighted by Crippen LogP contribution is 2.36. The largest absolute Gasteiger partial charge is 0.313 e. The van der Waals surface area contributed by atoms with Crippen LogP contribution in [0.4, 0.5) is 0 Å². The molecule has 1 aliphatic carbocycles. The normalized spacial score (nSPS) is 22.5. The highest BCUT2D eigenvalue weighted by molar-refractivity contribution is 4.85. The summed E-state index contributed by atoms with van der Waals surface area (Å²) in [5.41, 5.74) is 0.504. The number of rotatable bonds is 4. The SMILES string of the molecule is CC(CC#N)NCC1(C)CCCC1. The highest BCUT2D eigenvalue weighted by atomic mass is 14.9. The second-order valence-electron chi connectivity index (χ2n) is 4.66. The Bertz CT molecular complexity index is 187. The zero-order valence-electron chi connectivity index (χ0n) is 8.77. The Hall–Kier alpha value is -0.550. The molecule has 1 rings (SSSR count). The third-order valence-electron chi connectivity index (χ3n) is 3.09. The Balaban J connectivity index is 2.21. The van der Waals surface area contributed by atoms with Crippen LogP contribution in [0.1, 0.15) is 46.0 Å². The molecule has 1 saturated carbocycles. The third kappa shape index (κ3) is 3.36. The molecule has 0 spiro atoms. The molecule has 0 heterocycles. The van der Waals surface area contributed by atoms with Gasteiger partial charge in [-0.1, -0.05) is 19.8 Å². The van der Waals surface area contributed by atoms with Crippen molar-refractivity contribution < 1.29 is 0 Å². The average molecular weight is 180 g/mol. The topological polar surface area (TPSA) is 35.8 Å². The van der Waals surface area contributed by atoms with Gasteiger partial charge >= 0.3 is 0 Å². The molecule has 0 aromatic carbocycles. The van der Waals surface area contributed by atoms with Crippen molar-refractivity contribution in [3.8, 4) is 6.07 Å². The van der Waals surface area contributed by atoms with Crippen molar-refractivity contribution in [2.24, 2.45) is 5.41 Å². The van der Waals surface area contributed by atoms with Gasteiger partial charge in [0, 0.05) is 12.6 Å². The molecule has 0 saturated heterocycles. The van der Waals surface area contributed by atoms with Crippen LogP contribution in [0.3, 0.4) is 0 Å². The van der Waals surface area contributed by atoms with E-state index in [4.69, 9.17) is 5.26 Å². The molecule has 0 amide bonds. The zero-order chi connectivity index (χ0) is 9.73. The van der Waals surface area contributed by atoms with E-state index in [1.165, 1.54) is 25.7 Å². The quantitative estimate of drug-likeness (QED) is 0.721. The van der Waals surface area contributed by atoms with Gasteiger partial charge in [-0.15, -0.1) is 0 Å². The fraction of sp³-hybridized carbons (Fsp3) is 0.909. The van der Waals surface area contributed by atoms with Gasteiger partial charge in [-0.05, 0) is 25.2 Å². The summed E-state index contributed by atoms with van der Waals surface area (Å²) in [5, 5.41) is 11.9. The Morgan fingerprint density at radius 1 is 1.46 bits per heavy atom. The average Bonchev–Trinajstić information content (AvgIpc) is 2.51. The van der Waals surface area contributed by atoms with Gasteiger partial charge in [-0.2, -0.15) is 5.26 Å². The molecule has 1 aliphatic rings. The second kappa shape index (κ2) is 4.62. The van der Waals surface area contributed by atoms with Crippen LogP contribution in [0.25, 0.3) is 0 Å². The molecule has 74 valence electrons. The van der Waals surface area contributed by atoms with Crippen LogP contribution in [-0.2, 0) is 0 Å². The minimum atomic E-state index is 0.349. The predicted molar refractivity (Wildman–Crippen MR) is 54.3 cm³/mol. The van der Waals surface area contributed by atoms with E-state index in [-0.39, 0.29) is 0 Å². The van der Waals surface area contributed by atoms with Crippen molar-refractivity contribution in [1.29, 1.82) is 5.26 Å². The number of nitriles is 1. The van der Waals surface area contributed by atoms with E-state index >= 15 is 0 Å². The van der Waals surface area contributed by atoms with E-state index in [0.29, 0.717) is 17.9 Å². The molecule has 0 aliphatic heterocycles. The molecule has 1 fully saturated rings. The van der Waals surface area contributed by atoms with Crippen molar-refractivity contribution in [3.63, 3.8) is 0 Å². The van der Waals surface area contributed by atoms with Gasteiger partial charge in [-0.25, -0.2) is 0 Å². The molecule has 1 atom stereocenters. The maximum Gasteiger partial charge on any atom is 0.0638 e. The summed E-state index contributed by atoms with van der Waals surface area (Å²) in [6.07, 6.45) is 6.07. The third-order valence-corrected chi connectivity index (χ3v) is 3.09. The maximum atomic E-state index is 8.50. The van der Waals surface area contributed by atoms with Crippen LogP contribution in [-0.4, -0.2) is 12.6 Å². The number of nitrogens with one attached hydrogen (secondary N) is 1. The van der Waals surface area contributed by atoms with Crippen molar-refractivity contribution >= 4 is 0 Å². The van der Waals surface area contributed by atoms with Crippen molar-refractivity contribution in [3.05, 3.63) is 0 Å². The molecule has 0 radical (unpaired) electrons. The van der Waals surface area contributed by atoms with Gasteiger partial charge in [0.25, 0.3) is 0 Å². The van der Waals surface area contributed by atoms with E-state index in [9.17, 15) is 0 Å². The first-order chi connectivity index (χ1) is 6.16. The van der Waals surface area contributed by atoms with Crippen LogP contribution in [0, 0.1) is 16.7 Å². The first kappa shape index (κ1) is 10.5. The fourth-order valence-electron chi connectivity index (χ4n) is 2.04. The van der Waals surface area contributed by atoms with Gasteiger partial charge in [0.15, 0.2) is 0 Å². The molecule has 2 nitrogen and oxygen atoms in total. The lowest BCUT2D eigenvalue weighted by Crippen LogP contribution is -2.35. The number of nitrogens with zero attached hydrogens (tertiary/aromatic N) is 1. The van der Waals surface area contributed by atoms with Crippen LogP contribution in [0.2, 0.25) is 0 Å². The van der Waals surface area contributed by atoms with Gasteiger partial charge < -0.3 is 5.32 Å². The summed E-state index contributed by atoms with van der Waals surface area (Å²) in [7, 11) is 0. The number of hydrogen-bond acceptors (Lipinski definition) is 2.